The number of ether oxygens (including phenoxy) is 1. The van der Waals surface area contributed by atoms with Crippen molar-refractivity contribution >= 4 is 11.0 Å². The van der Waals surface area contributed by atoms with Gasteiger partial charge in [-0.1, -0.05) is 27.2 Å². The van der Waals surface area contributed by atoms with Crippen LogP contribution in [0.3, 0.4) is 0 Å². The van der Waals surface area contributed by atoms with E-state index in [9.17, 15) is 4.79 Å². The summed E-state index contributed by atoms with van der Waals surface area (Å²) in [5, 5.41) is 0.906. The Balaban J connectivity index is 2.27. The minimum Gasteiger partial charge on any atom is -0.490 e. The number of benzene rings is 1. The van der Waals surface area contributed by atoms with Crippen molar-refractivity contribution in [1.29, 1.82) is 0 Å². The van der Waals surface area contributed by atoms with Crippen LogP contribution in [-0.4, -0.2) is 6.10 Å². The van der Waals surface area contributed by atoms with Crippen LogP contribution in [0.5, 0.6) is 5.75 Å². The predicted molar refractivity (Wildman–Crippen MR) is 76.6 cm³/mol. The van der Waals surface area contributed by atoms with Gasteiger partial charge in [-0.2, -0.15) is 0 Å². The van der Waals surface area contributed by atoms with Gasteiger partial charge >= 0.3 is 5.63 Å². The highest BCUT2D eigenvalue weighted by Gasteiger charge is 2.15. The lowest BCUT2D eigenvalue weighted by Gasteiger charge is -2.23. The highest BCUT2D eigenvalue weighted by Crippen LogP contribution is 2.23. The number of hydrogen-bond donors (Lipinski definition) is 0. The molecule has 0 amide bonds. The summed E-state index contributed by atoms with van der Waals surface area (Å²) in [5.74, 6) is 1.26. The molecule has 0 aliphatic carbocycles. The zero-order valence-electron chi connectivity index (χ0n) is 11.7. The third kappa shape index (κ3) is 3.16. The van der Waals surface area contributed by atoms with E-state index in [0.717, 1.165) is 24.0 Å². The molecule has 3 heteroatoms. The van der Waals surface area contributed by atoms with Crippen molar-refractivity contribution in [3.8, 4) is 5.75 Å². The SMILES string of the molecule is CCC(C)C(CC)Oc1ccc2ccc(=O)oc2c1. The smallest absolute Gasteiger partial charge is 0.336 e. The first-order valence-corrected chi connectivity index (χ1v) is 6.84. The van der Waals surface area contributed by atoms with Crippen LogP contribution in [0.1, 0.15) is 33.6 Å². The largest absolute Gasteiger partial charge is 0.490 e. The van der Waals surface area contributed by atoms with Gasteiger partial charge in [0, 0.05) is 17.5 Å². The topological polar surface area (TPSA) is 39.4 Å². The van der Waals surface area contributed by atoms with Gasteiger partial charge in [0.25, 0.3) is 0 Å². The molecule has 0 N–H and O–H groups in total. The maximum absolute atomic E-state index is 11.2. The lowest BCUT2D eigenvalue weighted by Crippen LogP contribution is -2.23. The summed E-state index contributed by atoms with van der Waals surface area (Å²) in [6.07, 6.45) is 2.24. The van der Waals surface area contributed by atoms with E-state index in [1.165, 1.54) is 6.07 Å². The van der Waals surface area contributed by atoms with Crippen LogP contribution in [0.4, 0.5) is 0 Å². The van der Waals surface area contributed by atoms with Crippen molar-refractivity contribution in [3.63, 3.8) is 0 Å². The molecule has 0 spiro atoms. The Morgan fingerprint density at radius 3 is 2.58 bits per heavy atom. The molecule has 0 bridgehead atoms. The van der Waals surface area contributed by atoms with Crippen LogP contribution in [0.25, 0.3) is 11.0 Å². The summed E-state index contributed by atoms with van der Waals surface area (Å²) < 4.78 is 11.2. The van der Waals surface area contributed by atoms with E-state index >= 15 is 0 Å². The van der Waals surface area contributed by atoms with Gasteiger partial charge in [-0.25, -0.2) is 4.79 Å². The second-order valence-corrected chi connectivity index (χ2v) is 4.90. The summed E-state index contributed by atoms with van der Waals surface area (Å²) in [6, 6.07) is 8.82. The molecule has 102 valence electrons. The molecule has 2 aromatic rings. The van der Waals surface area contributed by atoms with Gasteiger partial charge in [-0.15, -0.1) is 0 Å². The molecule has 0 aliphatic heterocycles. The molecule has 0 saturated heterocycles. The second kappa shape index (κ2) is 5.91. The third-order valence-electron chi connectivity index (χ3n) is 3.56. The van der Waals surface area contributed by atoms with Crippen molar-refractivity contribution in [3.05, 3.63) is 40.8 Å². The minimum absolute atomic E-state index is 0.192. The van der Waals surface area contributed by atoms with Crippen LogP contribution in [0.2, 0.25) is 0 Å². The van der Waals surface area contributed by atoms with Gasteiger partial charge in [0.1, 0.15) is 17.4 Å². The quantitative estimate of drug-likeness (QED) is 0.763. The number of fused-ring (bicyclic) bond motifs is 1. The maximum Gasteiger partial charge on any atom is 0.336 e. The number of hydrogen-bond acceptors (Lipinski definition) is 3. The first kappa shape index (κ1) is 13.7. The minimum atomic E-state index is -0.335. The zero-order valence-corrected chi connectivity index (χ0v) is 11.7. The molecule has 19 heavy (non-hydrogen) atoms. The van der Waals surface area contributed by atoms with E-state index in [0.29, 0.717) is 11.5 Å². The van der Waals surface area contributed by atoms with E-state index < -0.39 is 0 Å². The maximum atomic E-state index is 11.2. The van der Waals surface area contributed by atoms with Crippen molar-refractivity contribution < 1.29 is 9.15 Å². The molecule has 1 aromatic heterocycles. The van der Waals surface area contributed by atoms with E-state index in [1.54, 1.807) is 12.1 Å². The summed E-state index contributed by atoms with van der Waals surface area (Å²) >= 11 is 0. The first-order chi connectivity index (χ1) is 9.13. The molecule has 0 fully saturated rings. The van der Waals surface area contributed by atoms with Gasteiger partial charge < -0.3 is 9.15 Å². The normalized spacial score (nSPS) is 14.3. The fourth-order valence-electron chi connectivity index (χ4n) is 2.15. The molecule has 2 atom stereocenters. The Bertz CT molecular complexity index is 600. The molecule has 2 rings (SSSR count). The lowest BCUT2D eigenvalue weighted by molar-refractivity contribution is 0.136. The fraction of sp³-hybridized carbons (Fsp3) is 0.438. The first-order valence-electron chi connectivity index (χ1n) is 6.84. The molecule has 1 aromatic carbocycles. The van der Waals surface area contributed by atoms with Gasteiger partial charge in [0.2, 0.25) is 0 Å². The monoisotopic (exact) mass is 260 g/mol. The van der Waals surface area contributed by atoms with E-state index in [2.05, 4.69) is 20.8 Å². The van der Waals surface area contributed by atoms with Crippen molar-refractivity contribution in [1.82, 2.24) is 0 Å². The van der Waals surface area contributed by atoms with Crippen molar-refractivity contribution in [2.75, 3.05) is 0 Å². The highest BCUT2D eigenvalue weighted by molar-refractivity contribution is 5.77. The lowest BCUT2D eigenvalue weighted by atomic mass is 10.00. The summed E-state index contributed by atoms with van der Waals surface area (Å²) in [4.78, 5) is 11.2. The Labute approximate surface area is 113 Å². The standard InChI is InChI=1S/C16H20O3/c1-4-11(3)14(5-2)18-13-8-6-12-7-9-16(17)19-15(12)10-13/h6-11,14H,4-5H2,1-3H3. The van der Waals surface area contributed by atoms with Crippen LogP contribution in [0.15, 0.2) is 39.5 Å². The average molecular weight is 260 g/mol. The Hall–Kier alpha value is -1.77. The van der Waals surface area contributed by atoms with E-state index in [-0.39, 0.29) is 11.7 Å². The predicted octanol–water partition coefficient (Wildman–Crippen LogP) is 4.00. The molecule has 0 radical (unpaired) electrons. The van der Waals surface area contributed by atoms with Crippen LogP contribution >= 0.6 is 0 Å². The van der Waals surface area contributed by atoms with E-state index in [4.69, 9.17) is 9.15 Å². The fourth-order valence-corrected chi connectivity index (χ4v) is 2.15. The molecule has 1 heterocycles. The summed E-state index contributed by atoms with van der Waals surface area (Å²) in [6.45, 7) is 6.48. The van der Waals surface area contributed by atoms with Gasteiger partial charge in [0.05, 0.1) is 0 Å². The summed E-state index contributed by atoms with van der Waals surface area (Å²) in [5.41, 5.74) is 0.239. The van der Waals surface area contributed by atoms with Crippen LogP contribution in [0, 0.1) is 5.92 Å². The van der Waals surface area contributed by atoms with Gasteiger partial charge in [-0.05, 0) is 30.5 Å². The Morgan fingerprint density at radius 2 is 1.89 bits per heavy atom. The summed E-state index contributed by atoms with van der Waals surface area (Å²) in [7, 11) is 0. The van der Waals surface area contributed by atoms with E-state index in [1.807, 2.05) is 12.1 Å². The molecular weight excluding hydrogens is 240 g/mol. The van der Waals surface area contributed by atoms with Crippen LogP contribution in [-0.2, 0) is 0 Å². The van der Waals surface area contributed by atoms with Crippen LogP contribution < -0.4 is 10.4 Å². The average Bonchev–Trinajstić information content (AvgIpc) is 2.43. The molecule has 0 aliphatic rings. The van der Waals surface area contributed by atoms with Crippen molar-refractivity contribution in [2.45, 2.75) is 39.7 Å². The number of rotatable bonds is 5. The Morgan fingerprint density at radius 1 is 1.16 bits per heavy atom. The second-order valence-electron chi connectivity index (χ2n) is 4.90. The highest BCUT2D eigenvalue weighted by atomic mass is 16.5. The molecule has 2 unspecified atom stereocenters. The zero-order chi connectivity index (χ0) is 13.8. The molecular formula is C16H20O3. The third-order valence-corrected chi connectivity index (χ3v) is 3.56. The van der Waals surface area contributed by atoms with Crippen molar-refractivity contribution in [2.24, 2.45) is 5.92 Å². The molecule has 3 nitrogen and oxygen atoms in total. The molecule has 0 saturated carbocycles. The Kier molecular flexibility index (Phi) is 4.25. The van der Waals surface area contributed by atoms with Gasteiger partial charge in [0.15, 0.2) is 0 Å². The van der Waals surface area contributed by atoms with Gasteiger partial charge in [-0.3, -0.25) is 0 Å².